The molecule has 0 aliphatic rings. The lowest BCUT2D eigenvalue weighted by Gasteiger charge is -2.08. The van der Waals surface area contributed by atoms with Crippen LogP contribution in [0, 0.1) is 0 Å². The lowest BCUT2D eigenvalue weighted by molar-refractivity contribution is 0.283. The van der Waals surface area contributed by atoms with Gasteiger partial charge in [0.15, 0.2) is 16.5 Å². The fraction of sp³-hybridized carbons (Fsp3) is 0.333. The van der Waals surface area contributed by atoms with Crippen LogP contribution < -0.4 is 14.8 Å². The molecule has 2 aromatic rings. The minimum Gasteiger partial charge on any atom is -0.493 e. The van der Waals surface area contributed by atoms with Gasteiger partial charge in [-0.15, -0.1) is 10.2 Å². The summed E-state index contributed by atoms with van der Waals surface area (Å²) in [5, 5.41) is 12.8. The maximum Gasteiger partial charge on any atom is 0.205 e. The van der Waals surface area contributed by atoms with Crippen molar-refractivity contribution in [3.05, 3.63) is 29.3 Å². The molecule has 0 unspecified atom stereocenters. The van der Waals surface area contributed by atoms with Gasteiger partial charge in [0, 0.05) is 6.54 Å². The van der Waals surface area contributed by atoms with E-state index in [2.05, 4.69) is 15.5 Å². The first-order valence-corrected chi connectivity index (χ1v) is 6.47. The van der Waals surface area contributed by atoms with Crippen LogP contribution in [0.15, 0.2) is 24.3 Å². The van der Waals surface area contributed by atoms with Gasteiger partial charge in [0.1, 0.15) is 6.61 Å². The Morgan fingerprint density at radius 3 is 2.72 bits per heavy atom. The zero-order valence-corrected chi connectivity index (χ0v) is 11.2. The van der Waals surface area contributed by atoms with Crippen LogP contribution in [-0.4, -0.2) is 23.9 Å². The van der Waals surface area contributed by atoms with E-state index in [4.69, 9.17) is 9.47 Å². The van der Waals surface area contributed by atoms with E-state index in [9.17, 15) is 0 Å². The molecule has 0 saturated heterocycles. The van der Waals surface area contributed by atoms with Gasteiger partial charge in [0.25, 0.3) is 0 Å². The van der Waals surface area contributed by atoms with Gasteiger partial charge in [-0.1, -0.05) is 23.5 Å². The van der Waals surface area contributed by atoms with Crippen LogP contribution in [0.4, 0.5) is 5.13 Å². The van der Waals surface area contributed by atoms with Crippen molar-refractivity contribution < 1.29 is 9.47 Å². The SMILES string of the molecule is CCNc1nnc(COc2ccccc2OC)s1. The van der Waals surface area contributed by atoms with Crippen LogP contribution in [0.1, 0.15) is 11.9 Å². The number of hydrogen-bond donors (Lipinski definition) is 1. The Bertz CT molecular complexity index is 502. The molecular formula is C12H15N3O2S. The minimum absolute atomic E-state index is 0.392. The Balaban J connectivity index is 1.97. The lowest BCUT2D eigenvalue weighted by atomic mass is 10.3. The second kappa shape index (κ2) is 6.20. The molecule has 5 nitrogen and oxygen atoms in total. The highest BCUT2D eigenvalue weighted by atomic mass is 32.1. The highest BCUT2D eigenvalue weighted by molar-refractivity contribution is 7.15. The summed E-state index contributed by atoms with van der Waals surface area (Å²) in [5.74, 6) is 1.43. The summed E-state index contributed by atoms with van der Waals surface area (Å²) >= 11 is 1.49. The van der Waals surface area contributed by atoms with Crippen LogP contribution in [-0.2, 0) is 6.61 Å². The fourth-order valence-corrected chi connectivity index (χ4v) is 2.13. The molecule has 96 valence electrons. The van der Waals surface area contributed by atoms with Crippen molar-refractivity contribution in [2.45, 2.75) is 13.5 Å². The summed E-state index contributed by atoms with van der Waals surface area (Å²) in [7, 11) is 1.62. The molecule has 0 fully saturated rings. The van der Waals surface area contributed by atoms with E-state index in [0.29, 0.717) is 18.1 Å². The summed E-state index contributed by atoms with van der Waals surface area (Å²) in [4.78, 5) is 0. The van der Waals surface area contributed by atoms with Crippen LogP contribution >= 0.6 is 11.3 Å². The highest BCUT2D eigenvalue weighted by Crippen LogP contribution is 2.27. The summed E-state index contributed by atoms with van der Waals surface area (Å²) in [5.41, 5.74) is 0. The van der Waals surface area contributed by atoms with Gasteiger partial charge in [-0.05, 0) is 19.1 Å². The lowest BCUT2D eigenvalue weighted by Crippen LogP contribution is -1.97. The van der Waals surface area contributed by atoms with Crippen molar-refractivity contribution in [1.29, 1.82) is 0 Å². The Morgan fingerprint density at radius 2 is 2.00 bits per heavy atom. The van der Waals surface area contributed by atoms with Crippen LogP contribution in [0.25, 0.3) is 0 Å². The average Bonchev–Trinajstić information content (AvgIpc) is 2.85. The van der Waals surface area contributed by atoms with E-state index >= 15 is 0 Å². The molecule has 0 aliphatic heterocycles. The molecule has 0 radical (unpaired) electrons. The number of nitrogens with one attached hydrogen (secondary N) is 1. The maximum absolute atomic E-state index is 5.66. The first-order valence-electron chi connectivity index (χ1n) is 5.65. The third-order valence-corrected chi connectivity index (χ3v) is 3.07. The molecule has 0 saturated carbocycles. The number of methoxy groups -OCH3 is 1. The minimum atomic E-state index is 0.392. The molecular weight excluding hydrogens is 250 g/mol. The molecule has 6 heteroatoms. The van der Waals surface area contributed by atoms with Crippen molar-refractivity contribution in [2.24, 2.45) is 0 Å². The largest absolute Gasteiger partial charge is 0.493 e. The summed E-state index contributed by atoms with van der Waals surface area (Å²) < 4.78 is 10.9. The van der Waals surface area contributed by atoms with E-state index in [1.807, 2.05) is 31.2 Å². The molecule has 1 N–H and O–H groups in total. The Hall–Kier alpha value is -1.82. The maximum atomic E-state index is 5.66. The van der Waals surface area contributed by atoms with E-state index in [-0.39, 0.29) is 0 Å². The number of anilines is 1. The smallest absolute Gasteiger partial charge is 0.205 e. The molecule has 0 atom stereocenters. The Morgan fingerprint density at radius 1 is 1.22 bits per heavy atom. The average molecular weight is 265 g/mol. The van der Waals surface area contributed by atoms with Gasteiger partial charge in [0.05, 0.1) is 7.11 Å². The molecule has 1 aromatic carbocycles. The normalized spacial score (nSPS) is 10.1. The van der Waals surface area contributed by atoms with Gasteiger partial charge >= 0.3 is 0 Å². The van der Waals surface area contributed by atoms with Crippen molar-refractivity contribution in [3.63, 3.8) is 0 Å². The fourth-order valence-electron chi connectivity index (χ4n) is 1.41. The van der Waals surface area contributed by atoms with E-state index in [1.54, 1.807) is 7.11 Å². The topological polar surface area (TPSA) is 56.3 Å². The van der Waals surface area contributed by atoms with Gasteiger partial charge in [-0.3, -0.25) is 0 Å². The van der Waals surface area contributed by atoms with Crippen LogP contribution in [0.3, 0.4) is 0 Å². The third kappa shape index (κ3) is 3.10. The molecule has 18 heavy (non-hydrogen) atoms. The zero-order valence-electron chi connectivity index (χ0n) is 10.3. The molecule has 0 spiro atoms. The number of aromatic nitrogens is 2. The van der Waals surface area contributed by atoms with Crippen LogP contribution in [0.2, 0.25) is 0 Å². The quantitative estimate of drug-likeness (QED) is 0.870. The van der Waals surface area contributed by atoms with E-state index in [0.717, 1.165) is 16.7 Å². The zero-order chi connectivity index (χ0) is 12.8. The number of nitrogens with zero attached hydrogens (tertiary/aromatic N) is 2. The summed E-state index contributed by atoms with van der Waals surface area (Å²) in [6.07, 6.45) is 0. The first kappa shape index (κ1) is 12.6. The van der Waals surface area contributed by atoms with Crippen LogP contribution in [0.5, 0.6) is 11.5 Å². The predicted octanol–water partition coefficient (Wildman–Crippen LogP) is 2.56. The number of para-hydroxylation sites is 2. The molecule has 0 aliphatic carbocycles. The van der Waals surface area contributed by atoms with Crippen molar-refractivity contribution in [3.8, 4) is 11.5 Å². The highest BCUT2D eigenvalue weighted by Gasteiger charge is 2.06. The third-order valence-electron chi connectivity index (χ3n) is 2.22. The number of hydrogen-bond acceptors (Lipinski definition) is 6. The summed E-state index contributed by atoms with van der Waals surface area (Å²) in [6, 6.07) is 7.53. The van der Waals surface area contributed by atoms with Crippen molar-refractivity contribution in [1.82, 2.24) is 10.2 Å². The number of rotatable bonds is 6. The predicted molar refractivity (Wildman–Crippen MR) is 71.4 cm³/mol. The van der Waals surface area contributed by atoms with Gasteiger partial charge in [-0.2, -0.15) is 0 Å². The standard InChI is InChI=1S/C12H15N3O2S/c1-3-13-12-15-14-11(18-12)8-17-10-7-5-4-6-9(10)16-2/h4-7H,3,8H2,1-2H3,(H,13,15). The van der Waals surface area contributed by atoms with Crippen molar-refractivity contribution in [2.75, 3.05) is 19.0 Å². The molecule has 0 amide bonds. The number of ether oxygens (including phenoxy) is 2. The Kier molecular flexibility index (Phi) is 4.35. The van der Waals surface area contributed by atoms with E-state index in [1.165, 1.54) is 11.3 Å². The van der Waals surface area contributed by atoms with E-state index < -0.39 is 0 Å². The molecule has 1 aromatic heterocycles. The second-order valence-electron chi connectivity index (χ2n) is 3.47. The molecule has 0 bridgehead atoms. The summed E-state index contributed by atoms with van der Waals surface area (Å²) in [6.45, 7) is 3.25. The molecule has 1 heterocycles. The Labute approximate surface area is 110 Å². The molecule has 2 rings (SSSR count). The first-order chi connectivity index (χ1) is 8.83. The van der Waals surface area contributed by atoms with Gasteiger partial charge in [0.2, 0.25) is 5.13 Å². The monoisotopic (exact) mass is 265 g/mol. The van der Waals surface area contributed by atoms with Gasteiger partial charge < -0.3 is 14.8 Å². The van der Waals surface area contributed by atoms with Crippen molar-refractivity contribution >= 4 is 16.5 Å². The van der Waals surface area contributed by atoms with Gasteiger partial charge in [-0.25, -0.2) is 0 Å². The number of benzene rings is 1. The second-order valence-corrected chi connectivity index (χ2v) is 4.53.